The number of rotatable bonds is 4. The van der Waals surface area contributed by atoms with Gasteiger partial charge in [-0.2, -0.15) is 0 Å². The molecule has 2 nitrogen and oxygen atoms in total. The van der Waals surface area contributed by atoms with Crippen molar-refractivity contribution in [1.29, 1.82) is 0 Å². The molecule has 0 radical (unpaired) electrons. The van der Waals surface area contributed by atoms with Crippen molar-refractivity contribution >= 4 is 0 Å². The molecule has 1 saturated heterocycles. The zero-order valence-corrected chi connectivity index (χ0v) is 10.8. The molecule has 1 atom stereocenters. The van der Waals surface area contributed by atoms with Gasteiger partial charge in [0.25, 0.3) is 0 Å². The topological polar surface area (TPSA) is 15.3 Å². The van der Waals surface area contributed by atoms with Gasteiger partial charge in [-0.05, 0) is 24.1 Å². The van der Waals surface area contributed by atoms with Crippen LogP contribution < -0.4 is 5.32 Å². The summed E-state index contributed by atoms with van der Waals surface area (Å²) < 4.78 is 26.3. The zero-order chi connectivity index (χ0) is 13.0. The summed E-state index contributed by atoms with van der Waals surface area (Å²) in [4.78, 5) is 2.35. The molecule has 0 aromatic heterocycles. The Hall–Kier alpha value is -1.00. The summed E-state index contributed by atoms with van der Waals surface area (Å²) in [6.07, 6.45) is 2.01. The first-order chi connectivity index (χ1) is 8.72. The van der Waals surface area contributed by atoms with Crippen molar-refractivity contribution in [2.45, 2.75) is 25.8 Å². The molecule has 18 heavy (non-hydrogen) atoms. The molecule has 1 aromatic carbocycles. The molecule has 1 aliphatic rings. The highest BCUT2D eigenvalue weighted by Crippen LogP contribution is 2.27. The van der Waals surface area contributed by atoms with Gasteiger partial charge in [0.2, 0.25) is 0 Å². The maximum atomic E-state index is 13.3. The summed E-state index contributed by atoms with van der Waals surface area (Å²) in [5, 5.41) is 3.31. The number of hydrogen-bond donors (Lipinski definition) is 1. The average molecular weight is 254 g/mol. The van der Waals surface area contributed by atoms with E-state index in [1.165, 1.54) is 12.1 Å². The molecule has 100 valence electrons. The van der Waals surface area contributed by atoms with Crippen molar-refractivity contribution in [2.75, 3.05) is 26.2 Å². The van der Waals surface area contributed by atoms with Gasteiger partial charge >= 0.3 is 0 Å². The molecule has 0 bridgehead atoms. The molecular formula is C14H20F2N2. The van der Waals surface area contributed by atoms with Crippen molar-refractivity contribution in [2.24, 2.45) is 0 Å². The van der Waals surface area contributed by atoms with Crippen molar-refractivity contribution in [3.05, 3.63) is 35.4 Å². The van der Waals surface area contributed by atoms with E-state index >= 15 is 0 Å². The fourth-order valence-electron chi connectivity index (χ4n) is 2.55. The molecule has 0 amide bonds. The molecule has 2 rings (SSSR count). The lowest BCUT2D eigenvalue weighted by Crippen LogP contribution is -2.45. The van der Waals surface area contributed by atoms with Gasteiger partial charge in [-0.3, -0.25) is 4.90 Å². The molecule has 0 saturated carbocycles. The van der Waals surface area contributed by atoms with Crippen LogP contribution in [0.15, 0.2) is 18.2 Å². The van der Waals surface area contributed by atoms with Gasteiger partial charge < -0.3 is 5.32 Å². The fraction of sp³-hybridized carbons (Fsp3) is 0.571. The van der Waals surface area contributed by atoms with E-state index in [4.69, 9.17) is 0 Å². The number of nitrogens with zero attached hydrogens (tertiary/aromatic N) is 1. The standard InChI is InChI=1S/C14H20F2N2/c1-2-3-14(18-8-6-17-7-9-18)11-4-5-12(15)13(16)10-11/h4-5,10,14,17H,2-3,6-9H2,1H3/t14-/m1/s1. The number of halogens is 2. The fourth-order valence-corrected chi connectivity index (χ4v) is 2.55. The monoisotopic (exact) mass is 254 g/mol. The van der Waals surface area contributed by atoms with Gasteiger partial charge in [-0.15, -0.1) is 0 Å². The van der Waals surface area contributed by atoms with Crippen molar-refractivity contribution in [3.8, 4) is 0 Å². The van der Waals surface area contributed by atoms with Gasteiger partial charge in [0.05, 0.1) is 0 Å². The quantitative estimate of drug-likeness (QED) is 0.888. The summed E-state index contributed by atoms with van der Waals surface area (Å²) in [7, 11) is 0. The smallest absolute Gasteiger partial charge is 0.159 e. The first-order valence-corrected chi connectivity index (χ1v) is 6.62. The minimum absolute atomic E-state index is 0.201. The number of nitrogens with one attached hydrogen (secondary N) is 1. The SMILES string of the molecule is CCC[C@H](c1ccc(F)c(F)c1)N1CCNCC1. The summed E-state index contributed by atoms with van der Waals surface area (Å²) in [6.45, 7) is 5.97. The molecular weight excluding hydrogens is 234 g/mol. The molecule has 0 spiro atoms. The van der Waals surface area contributed by atoms with E-state index in [-0.39, 0.29) is 6.04 Å². The van der Waals surface area contributed by atoms with Crippen LogP contribution in [-0.4, -0.2) is 31.1 Å². The Morgan fingerprint density at radius 1 is 1.22 bits per heavy atom. The highest BCUT2D eigenvalue weighted by molar-refractivity contribution is 5.21. The Morgan fingerprint density at radius 2 is 1.94 bits per heavy atom. The van der Waals surface area contributed by atoms with Gasteiger partial charge in [-0.25, -0.2) is 8.78 Å². The van der Waals surface area contributed by atoms with E-state index in [1.54, 1.807) is 6.07 Å². The van der Waals surface area contributed by atoms with E-state index in [0.717, 1.165) is 44.6 Å². The van der Waals surface area contributed by atoms with Crippen molar-refractivity contribution < 1.29 is 8.78 Å². The number of piperazine rings is 1. The Kier molecular flexibility index (Phi) is 4.66. The summed E-state index contributed by atoms with van der Waals surface area (Å²) in [5.74, 6) is -1.52. The highest BCUT2D eigenvalue weighted by Gasteiger charge is 2.22. The highest BCUT2D eigenvalue weighted by atomic mass is 19.2. The molecule has 1 aromatic rings. The Labute approximate surface area is 107 Å². The summed E-state index contributed by atoms with van der Waals surface area (Å²) in [6, 6.07) is 4.49. The lowest BCUT2D eigenvalue weighted by Gasteiger charge is -2.35. The molecule has 0 aliphatic carbocycles. The first kappa shape index (κ1) is 13.4. The summed E-state index contributed by atoms with van der Waals surface area (Å²) in [5.41, 5.74) is 0.887. The van der Waals surface area contributed by atoms with E-state index in [0.29, 0.717) is 0 Å². The minimum Gasteiger partial charge on any atom is -0.314 e. The van der Waals surface area contributed by atoms with Gasteiger partial charge in [-0.1, -0.05) is 19.4 Å². The Bertz CT molecular complexity index is 389. The number of benzene rings is 1. The molecule has 1 fully saturated rings. The van der Waals surface area contributed by atoms with Crippen LogP contribution in [0.2, 0.25) is 0 Å². The van der Waals surface area contributed by atoms with E-state index in [9.17, 15) is 8.78 Å². The normalized spacial score (nSPS) is 18.8. The maximum absolute atomic E-state index is 13.3. The third kappa shape index (κ3) is 3.06. The third-order valence-corrected chi connectivity index (χ3v) is 3.48. The maximum Gasteiger partial charge on any atom is 0.159 e. The van der Waals surface area contributed by atoms with Gasteiger partial charge in [0, 0.05) is 32.2 Å². The van der Waals surface area contributed by atoms with Crippen molar-refractivity contribution in [3.63, 3.8) is 0 Å². The molecule has 1 aliphatic heterocycles. The van der Waals surface area contributed by atoms with Crippen LogP contribution in [0.4, 0.5) is 8.78 Å². The van der Waals surface area contributed by atoms with E-state index in [1.807, 2.05) is 0 Å². The van der Waals surface area contributed by atoms with Crippen LogP contribution in [-0.2, 0) is 0 Å². The number of hydrogen-bond acceptors (Lipinski definition) is 2. The van der Waals surface area contributed by atoms with E-state index < -0.39 is 11.6 Å². The molecule has 1 N–H and O–H groups in total. The first-order valence-electron chi connectivity index (χ1n) is 6.62. The molecule has 0 unspecified atom stereocenters. The second kappa shape index (κ2) is 6.25. The third-order valence-electron chi connectivity index (χ3n) is 3.48. The minimum atomic E-state index is -0.769. The van der Waals surface area contributed by atoms with Crippen LogP contribution in [0.25, 0.3) is 0 Å². The van der Waals surface area contributed by atoms with Crippen molar-refractivity contribution in [1.82, 2.24) is 10.2 Å². The van der Waals surface area contributed by atoms with Crippen LogP contribution in [0, 0.1) is 11.6 Å². The second-order valence-corrected chi connectivity index (χ2v) is 4.76. The second-order valence-electron chi connectivity index (χ2n) is 4.76. The predicted molar refractivity (Wildman–Crippen MR) is 68.4 cm³/mol. The lowest BCUT2D eigenvalue weighted by atomic mass is 9.99. The van der Waals surface area contributed by atoms with Crippen LogP contribution >= 0.6 is 0 Å². The lowest BCUT2D eigenvalue weighted by molar-refractivity contribution is 0.164. The Balaban J connectivity index is 2.19. The van der Waals surface area contributed by atoms with Crippen LogP contribution in [0.1, 0.15) is 31.4 Å². The van der Waals surface area contributed by atoms with Crippen LogP contribution in [0.5, 0.6) is 0 Å². The van der Waals surface area contributed by atoms with E-state index in [2.05, 4.69) is 17.1 Å². The van der Waals surface area contributed by atoms with Crippen LogP contribution in [0.3, 0.4) is 0 Å². The molecule has 4 heteroatoms. The predicted octanol–water partition coefficient (Wildman–Crippen LogP) is 2.71. The summed E-state index contributed by atoms with van der Waals surface area (Å²) >= 11 is 0. The average Bonchev–Trinajstić information content (AvgIpc) is 2.40. The Morgan fingerprint density at radius 3 is 2.56 bits per heavy atom. The van der Waals surface area contributed by atoms with Gasteiger partial charge in [0.15, 0.2) is 11.6 Å². The van der Waals surface area contributed by atoms with Gasteiger partial charge in [0.1, 0.15) is 0 Å². The zero-order valence-electron chi connectivity index (χ0n) is 10.8. The molecule has 1 heterocycles. The largest absolute Gasteiger partial charge is 0.314 e.